The Kier molecular flexibility index (Phi) is 16.6. The zero-order chi connectivity index (χ0) is 27.5. The molecule has 1 aliphatic carbocycles. The summed E-state index contributed by atoms with van der Waals surface area (Å²) >= 11 is 0. The molecule has 10 heteroatoms. The molecule has 0 saturated carbocycles. The normalized spacial score (nSPS) is 17.8. The van der Waals surface area contributed by atoms with Crippen molar-refractivity contribution in [3.8, 4) is 0 Å². The van der Waals surface area contributed by atoms with E-state index in [-0.39, 0.29) is 24.2 Å². The van der Waals surface area contributed by atoms with Crippen LogP contribution in [0.2, 0.25) is 0 Å². The van der Waals surface area contributed by atoms with Crippen LogP contribution in [0.3, 0.4) is 0 Å². The molecule has 4 atom stereocenters. The summed E-state index contributed by atoms with van der Waals surface area (Å²) in [4.78, 5) is 29.8. The van der Waals surface area contributed by atoms with E-state index in [1.54, 1.807) is 25.2 Å². The molecule has 0 spiro atoms. The number of nitrogens with one attached hydrogen (secondary N) is 2. The molecule has 1 aliphatic rings. The summed E-state index contributed by atoms with van der Waals surface area (Å²) in [5.74, 6) is -0.716. The van der Waals surface area contributed by atoms with Crippen molar-refractivity contribution in [2.45, 2.75) is 89.7 Å². The first kappa shape index (κ1) is 32.1. The van der Waals surface area contributed by atoms with Gasteiger partial charge in [0.25, 0.3) is 0 Å². The number of nitrogens with two attached hydrogens (primary N) is 2. The minimum Gasteiger partial charge on any atom is -0.389 e. The zero-order valence-electron chi connectivity index (χ0n) is 22.1. The monoisotopic (exact) mass is 519 g/mol. The van der Waals surface area contributed by atoms with Crippen molar-refractivity contribution in [3.63, 3.8) is 0 Å². The topological polar surface area (TPSA) is 172 Å². The van der Waals surface area contributed by atoms with Crippen LogP contribution in [0.5, 0.6) is 0 Å². The van der Waals surface area contributed by atoms with E-state index in [1.807, 2.05) is 12.2 Å². The molecular formula is C27H45N5O5. The van der Waals surface area contributed by atoms with E-state index in [0.29, 0.717) is 32.4 Å². The SMILES string of the molecule is CCCCC/C=C/C(=O)N[C@@H](CC1=CCC(O)C=C1)C(=O)N[C@H](/C=C/C(O)OCC)CCCN=C(N)N. The average molecular weight is 520 g/mol. The number of carbonyl (C=O) groups is 2. The quantitative estimate of drug-likeness (QED) is 0.0399. The van der Waals surface area contributed by atoms with Gasteiger partial charge in [0.15, 0.2) is 12.2 Å². The Bertz CT molecular complexity index is 833. The van der Waals surface area contributed by atoms with Gasteiger partial charge in [0, 0.05) is 25.6 Å². The number of hydrogen-bond acceptors (Lipinski definition) is 6. The number of allylic oxidation sites excluding steroid dienone is 2. The highest BCUT2D eigenvalue weighted by molar-refractivity contribution is 5.93. The van der Waals surface area contributed by atoms with Gasteiger partial charge >= 0.3 is 0 Å². The van der Waals surface area contributed by atoms with Gasteiger partial charge in [-0.15, -0.1) is 0 Å². The van der Waals surface area contributed by atoms with E-state index in [2.05, 4.69) is 22.5 Å². The molecule has 0 saturated heterocycles. The Labute approximate surface area is 220 Å². The highest BCUT2D eigenvalue weighted by Gasteiger charge is 2.23. The third-order valence-corrected chi connectivity index (χ3v) is 5.61. The summed E-state index contributed by atoms with van der Waals surface area (Å²) in [5, 5.41) is 25.4. The minimum absolute atomic E-state index is 0.00708. The summed E-state index contributed by atoms with van der Waals surface area (Å²) in [6.07, 6.45) is 15.9. The highest BCUT2D eigenvalue weighted by Crippen LogP contribution is 2.16. The summed E-state index contributed by atoms with van der Waals surface area (Å²) < 4.78 is 5.13. The molecule has 0 aromatic carbocycles. The van der Waals surface area contributed by atoms with E-state index in [1.165, 1.54) is 12.2 Å². The van der Waals surface area contributed by atoms with Crippen LogP contribution in [-0.4, -0.2) is 65.6 Å². The van der Waals surface area contributed by atoms with Crippen molar-refractivity contribution in [2.75, 3.05) is 13.2 Å². The average Bonchev–Trinajstić information content (AvgIpc) is 2.85. The van der Waals surface area contributed by atoms with Crippen LogP contribution >= 0.6 is 0 Å². The standard InChI is InChI=1S/C27H45N5O5/c1-3-5-6-7-8-11-24(34)32-23(19-20-12-15-22(33)16-13-20)26(36)31-21(10-9-18-30-27(28)29)14-17-25(35)37-4-2/h8,11-15,17,21-23,25,33,35H,3-7,9-10,16,18-19H2,1-2H3,(H,31,36)(H,32,34)(H4,28,29,30)/b11-8+,17-14+/t21-,22?,23-,25?/m0/s1. The van der Waals surface area contributed by atoms with Gasteiger partial charge in [0.1, 0.15) is 6.04 Å². The lowest BCUT2D eigenvalue weighted by atomic mass is 9.98. The minimum atomic E-state index is -1.10. The molecule has 8 N–H and O–H groups in total. The van der Waals surface area contributed by atoms with Gasteiger partial charge in [-0.25, -0.2) is 0 Å². The summed E-state index contributed by atoms with van der Waals surface area (Å²) in [7, 11) is 0. The maximum absolute atomic E-state index is 13.3. The third kappa shape index (κ3) is 15.7. The van der Waals surface area contributed by atoms with E-state index in [0.717, 1.165) is 31.3 Å². The number of amides is 2. The number of ether oxygens (including phenoxy) is 1. The number of unbranched alkanes of at least 4 members (excludes halogenated alkanes) is 3. The lowest BCUT2D eigenvalue weighted by Gasteiger charge is -2.23. The first-order chi connectivity index (χ1) is 17.7. The largest absolute Gasteiger partial charge is 0.389 e. The predicted molar refractivity (Wildman–Crippen MR) is 146 cm³/mol. The van der Waals surface area contributed by atoms with Gasteiger partial charge in [-0.05, 0) is 56.8 Å². The Hall–Kier alpha value is -2.95. The van der Waals surface area contributed by atoms with Crippen LogP contribution in [0.1, 0.15) is 65.2 Å². The van der Waals surface area contributed by atoms with Crippen molar-refractivity contribution in [2.24, 2.45) is 16.5 Å². The third-order valence-electron chi connectivity index (χ3n) is 5.61. The molecule has 0 fully saturated rings. The fourth-order valence-corrected chi connectivity index (χ4v) is 3.65. The number of nitrogens with zero attached hydrogens (tertiary/aromatic N) is 1. The first-order valence-electron chi connectivity index (χ1n) is 13.1. The van der Waals surface area contributed by atoms with Crippen molar-refractivity contribution in [1.82, 2.24) is 10.6 Å². The van der Waals surface area contributed by atoms with Gasteiger partial charge in [-0.3, -0.25) is 14.6 Å². The van der Waals surface area contributed by atoms with Crippen LogP contribution in [0.25, 0.3) is 0 Å². The second-order valence-corrected chi connectivity index (χ2v) is 8.90. The zero-order valence-corrected chi connectivity index (χ0v) is 22.1. The van der Waals surface area contributed by atoms with Crippen molar-refractivity contribution < 1.29 is 24.5 Å². The molecule has 0 bridgehead atoms. The number of guanidine groups is 1. The van der Waals surface area contributed by atoms with E-state index < -0.39 is 24.5 Å². The molecule has 0 aromatic rings. The molecule has 1 rings (SSSR count). The lowest BCUT2D eigenvalue weighted by Crippen LogP contribution is -2.49. The molecule has 0 aromatic heterocycles. The molecule has 0 aliphatic heterocycles. The number of aliphatic hydroxyl groups is 2. The van der Waals surface area contributed by atoms with Crippen LogP contribution in [0.4, 0.5) is 0 Å². The van der Waals surface area contributed by atoms with Crippen molar-refractivity contribution >= 4 is 17.8 Å². The number of carbonyl (C=O) groups excluding carboxylic acids is 2. The smallest absolute Gasteiger partial charge is 0.244 e. The Balaban J connectivity index is 2.94. The van der Waals surface area contributed by atoms with E-state index in [4.69, 9.17) is 16.2 Å². The molecule has 2 amide bonds. The summed E-state index contributed by atoms with van der Waals surface area (Å²) in [5.41, 5.74) is 11.6. The first-order valence-corrected chi connectivity index (χ1v) is 13.1. The Morgan fingerprint density at radius 3 is 2.65 bits per heavy atom. The van der Waals surface area contributed by atoms with Crippen molar-refractivity contribution in [1.29, 1.82) is 0 Å². The van der Waals surface area contributed by atoms with E-state index in [9.17, 15) is 19.8 Å². The second-order valence-electron chi connectivity index (χ2n) is 8.90. The number of aliphatic imine (C=N–C) groups is 1. The molecule has 37 heavy (non-hydrogen) atoms. The summed E-state index contributed by atoms with van der Waals surface area (Å²) in [6, 6.07) is -1.28. The van der Waals surface area contributed by atoms with Crippen LogP contribution in [0.15, 0.2) is 53.1 Å². The molecule has 0 heterocycles. The van der Waals surface area contributed by atoms with Gasteiger partial charge in [0.05, 0.1) is 6.10 Å². The number of aliphatic hydroxyl groups excluding tert-OH is 2. The molecule has 10 nitrogen and oxygen atoms in total. The predicted octanol–water partition coefficient (Wildman–Crippen LogP) is 1.69. The van der Waals surface area contributed by atoms with Gasteiger partial charge in [-0.1, -0.05) is 50.1 Å². The number of rotatable bonds is 18. The number of hydrogen-bond donors (Lipinski definition) is 6. The maximum atomic E-state index is 13.3. The van der Waals surface area contributed by atoms with E-state index >= 15 is 0 Å². The highest BCUT2D eigenvalue weighted by atomic mass is 16.6. The van der Waals surface area contributed by atoms with Crippen LogP contribution < -0.4 is 22.1 Å². The van der Waals surface area contributed by atoms with Crippen molar-refractivity contribution in [3.05, 3.63) is 48.1 Å². The molecule has 208 valence electrons. The van der Waals surface area contributed by atoms with Crippen LogP contribution in [-0.2, 0) is 14.3 Å². The van der Waals surface area contributed by atoms with Crippen LogP contribution in [0, 0.1) is 0 Å². The summed E-state index contributed by atoms with van der Waals surface area (Å²) in [6.45, 7) is 4.61. The lowest BCUT2D eigenvalue weighted by molar-refractivity contribution is -0.127. The maximum Gasteiger partial charge on any atom is 0.244 e. The Morgan fingerprint density at radius 1 is 1.22 bits per heavy atom. The molecular weight excluding hydrogens is 474 g/mol. The fourth-order valence-electron chi connectivity index (χ4n) is 3.65. The van der Waals surface area contributed by atoms with Gasteiger partial charge in [0.2, 0.25) is 11.8 Å². The molecule has 2 unspecified atom stereocenters. The fraction of sp³-hybridized carbons (Fsp3) is 0.593. The second kappa shape index (κ2) is 19.2. The van der Waals surface area contributed by atoms with Gasteiger partial charge < -0.3 is 37.1 Å². The Morgan fingerprint density at radius 2 is 2.00 bits per heavy atom. The molecule has 0 radical (unpaired) electrons. The van der Waals surface area contributed by atoms with Gasteiger partial charge in [-0.2, -0.15) is 0 Å².